The highest BCUT2D eigenvalue weighted by molar-refractivity contribution is 4.87. The average Bonchev–Trinajstić information content (AvgIpc) is 2.03. The molecule has 0 aromatic carbocycles. The zero-order valence-electron chi connectivity index (χ0n) is 7.66. The van der Waals surface area contributed by atoms with E-state index in [1.54, 1.807) is 6.08 Å². The molecule has 3 heteroatoms. The summed E-state index contributed by atoms with van der Waals surface area (Å²) in [6.07, 6.45) is 2.32. The van der Waals surface area contributed by atoms with Gasteiger partial charge in [0.25, 0.3) is 0 Å². The van der Waals surface area contributed by atoms with Gasteiger partial charge in [0.05, 0.1) is 0 Å². The van der Waals surface area contributed by atoms with E-state index in [2.05, 4.69) is 6.58 Å². The highest BCUT2D eigenvalue weighted by atomic mass is 16.5. The van der Waals surface area contributed by atoms with Crippen molar-refractivity contribution in [2.75, 3.05) is 6.54 Å². The molecule has 3 nitrogen and oxygen atoms in total. The van der Waals surface area contributed by atoms with Gasteiger partial charge in [0.1, 0.15) is 0 Å². The summed E-state index contributed by atoms with van der Waals surface area (Å²) in [6.45, 7) is 6.00. The summed E-state index contributed by atoms with van der Waals surface area (Å²) in [5, 5.41) is 18.4. The first-order valence-electron chi connectivity index (χ1n) is 4.30. The van der Waals surface area contributed by atoms with E-state index < -0.39 is 11.7 Å². The van der Waals surface area contributed by atoms with Crippen molar-refractivity contribution < 1.29 is 10.2 Å². The van der Waals surface area contributed by atoms with Crippen LogP contribution < -0.4 is 5.73 Å². The first-order chi connectivity index (χ1) is 5.63. The van der Waals surface area contributed by atoms with Crippen LogP contribution in [0.1, 0.15) is 26.2 Å². The van der Waals surface area contributed by atoms with Crippen LogP contribution in [-0.4, -0.2) is 23.0 Å². The third-order valence-corrected chi connectivity index (χ3v) is 2.44. The number of hydrogen-bond donors (Lipinski definition) is 3. The van der Waals surface area contributed by atoms with Crippen LogP contribution in [0.2, 0.25) is 0 Å². The molecule has 0 fully saturated rings. The van der Waals surface area contributed by atoms with Gasteiger partial charge in [-0.25, -0.2) is 0 Å². The van der Waals surface area contributed by atoms with Gasteiger partial charge in [-0.15, -0.1) is 6.58 Å². The van der Waals surface area contributed by atoms with E-state index in [0.29, 0.717) is 25.8 Å². The molecule has 0 bridgehead atoms. The molecule has 4 N–H and O–H groups in total. The molecule has 72 valence electrons. The van der Waals surface area contributed by atoms with Crippen molar-refractivity contribution in [1.29, 1.82) is 0 Å². The smallest absolute Gasteiger partial charge is 0.157 e. The van der Waals surface area contributed by atoms with Gasteiger partial charge in [0, 0.05) is 5.41 Å². The lowest BCUT2D eigenvalue weighted by Crippen LogP contribution is -2.36. The predicted octanol–water partition coefficient (Wildman–Crippen LogP) is 0.618. The van der Waals surface area contributed by atoms with Crippen LogP contribution in [0.4, 0.5) is 0 Å². The fourth-order valence-electron chi connectivity index (χ4n) is 1.42. The van der Waals surface area contributed by atoms with Crippen molar-refractivity contribution in [1.82, 2.24) is 0 Å². The zero-order valence-corrected chi connectivity index (χ0v) is 7.66. The monoisotopic (exact) mass is 173 g/mol. The van der Waals surface area contributed by atoms with Gasteiger partial charge in [-0.2, -0.15) is 0 Å². The topological polar surface area (TPSA) is 66.5 Å². The van der Waals surface area contributed by atoms with Crippen molar-refractivity contribution in [2.24, 2.45) is 11.1 Å². The van der Waals surface area contributed by atoms with Gasteiger partial charge in [-0.1, -0.05) is 13.0 Å². The van der Waals surface area contributed by atoms with Gasteiger partial charge < -0.3 is 15.9 Å². The van der Waals surface area contributed by atoms with Crippen LogP contribution in [0.25, 0.3) is 0 Å². The minimum absolute atomic E-state index is 0.472. The lowest BCUT2D eigenvalue weighted by atomic mass is 9.78. The van der Waals surface area contributed by atoms with Crippen LogP contribution in [-0.2, 0) is 0 Å². The molecule has 0 heterocycles. The standard InChI is InChI=1S/C9H19NO2/c1-3-5-9(4-2,6-7-10)8(11)12/h3,8,11-12H,1,4-7,10H2,2H3. The van der Waals surface area contributed by atoms with Gasteiger partial charge in [-0.05, 0) is 25.8 Å². The number of nitrogens with two attached hydrogens (primary N) is 1. The first-order valence-corrected chi connectivity index (χ1v) is 4.30. The third kappa shape index (κ3) is 2.59. The first kappa shape index (κ1) is 11.6. The number of rotatable bonds is 6. The number of allylic oxidation sites excluding steroid dienone is 1. The van der Waals surface area contributed by atoms with Gasteiger partial charge >= 0.3 is 0 Å². The fraction of sp³-hybridized carbons (Fsp3) is 0.778. The highest BCUT2D eigenvalue weighted by Gasteiger charge is 2.32. The molecule has 0 aliphatic rings. The van der Waals surface area contributed by atoms with Crippen molar-refractivity contribution in [3.63, 3.8) is 0 Å². The van der Waals surface area contributed by atoms with Crippen LogP contribution in [0.5, 0.6) is 0 Å². The minimum atomic E-state index is -1.30. The Labute approximate surface area is 73.9 Å². The molecule has 0 rings (SSSR count). The van der Waals surface area contributed by atoms with E-state index in [1.165, 1.54) is 0 Å². The Balaban J connectivity index is 4.38. The molecule has 0 aliphatic heterocycles. The molecule has 0 aromatic rings. The molecule has 1 unspecified atom stereocenters. The number of aliphatic hydroxyl groups excluding tert-OH is 1. The predicted molar refractivity (Wildman–Crippen MR) is 49.4 cm³/mol. The maximum absolute atomic E-state index is 9.18. The molecule has 0 saturated heterocycles. The van der Waals surface area contributed by atoms with Crippen molar-refractivity contribution in [2.45, 2.75) is 32.5 Å². The fourth-order valence-corrected chi connectivity index (χ4v) is 1.42. The van der Waals surface area contributed by atoms with Crippen LogP contribution in [0.3, 0.4) is 0 Å². The molecule has 1 atom stereocenters. The van der Waals surface area contributed by atoms with Crippen LogP contribution in [0.15, 0.2) is 12.7 Å². The molecule has 0 saturated carbocycles. The second-order valence-corrected chi connectivity index (χ2v) is 3.12. The maximum Gasteiger partial charge on any atom is 0.157 e. The molecule has 0 aliphatic carbocycles. The Morgan fingerprint density at radius 3 is 2.42 bits per heavy atom. The summed E-state index contributed by atoms with van der Waals surface area (Å²) in [7, 11) is 0. The second kappa shape index (κ2) is 5.30. The van der Waals surface area contributed by atoms with Crippen molar-refractivity contribution in [3.05, 3.63) is 12.7 Å². The average molecular weight is 173 g/mol. The van der Waals surface area contributed by atoms with E-state index in [0.717, 1.165) is 0 Å². The molecule has 0 aromatic heterocycles. The molecule has 0 amide bonds. The Morgan fingerprint density at radius 2 is 2.17 bits per heavy atom. The Hall–Kier alpha value is -0.380. The summed E-state index contributed by atoms with van der Waals surface area (Å²) < 4.78 is 0. The van der Waals surface area contributed by atoms with Crippen LogP contribution >= 0.6 is 0 Å². The molecular weight excluding hydrogens is 154 g/mol. The summed E-state index contributed by atoms with van der Waals surface area (Å²) >= 11 is 0. The van der Waals surface area contributed by atoms with Crippen LogP contribution in [0, 0.1) is 5.41 Å². The number of hydrogen-bond acceptors (Lipinski definition) is 3. The normalized spacial score (nSPS) is 16.1. The minimum Gasteiger partial charge on any atom is -0.368 e. The lowest BCUT2D eigenvalue weighted by molar-refractivity contribution is -0.138. The quantitative estimate of drug-likeness (QED) is 0.407. The van der Waals surface area contributed by atoms with E-state index in [-0.39, 0.29) is 0 Å². The highest BCUT2D eigenvalue weighted by Crippen LogP contribution is 2.33. The summed E-state index contributed by atoms with van der Waals surface area (Å²) in [6, 6.07) is 0. The van der Waals surface area contributed by atoms with E-state index in [1.807, 2.05) is 6.92 Å². The Kier molecular flexibility index (Phi) is 5.13. The van der Waals surface area contributed by atoms with Gasteiger partial charge in [0.15, 0.2) is 6.29 Å². The van der Waals surface area contributed by atoms with Crippen molar-refractivity contribution in [3.8, 4) is 0 Å². The van der Waals surface area contributed by atoms with Gasteiger partial charge in [0.2, 0.25) is 0 Å². The zero-order chi connectivity index (χ0) is 9.61. The lowest BCUT2D eigenvalue weighted by Gasteiger charge is -2.33. The van der Waals surface area contributed by atoms with E-state index in [9.17, 15) is 10.2 Å². The van der Waals surface area contributed by atoms with E-state index in [4.69, 9.17) is 5.73 Å². The summed E-state index contributed by atoms with van der Waals surface area (Å²) in [4.78, 5) is 0. The SMILES string of the molecule is C=CCC(CC)(CCN)C(O)O. The summed E-state index contributed by atoms with van der Waals surface area (Å²) in [5.74, 6) is 0. The maximum atomic E-state index is 9.18. The van der Waals surface area contributed by atoms with Crippen molar-refractivity contribution >= 4 is 0 Å². The third-order valence-electron chi connectivity index (χ3n) is 2.44. The summed E-state index contributed by atoms with van der Waals surface area (Å²) in [5.41, 5.74) is 4.91. The number of aliphatic hydroxyl groups is 2. The molecular formula is C9H19NO2. The van der Waals surface area contributed by atoms with Gasteiger partial charge in [-0.3, -0.25) is 0 Å². The Bertz CT molecular complexity index is 136. The largest absolute Gasteiger partial charge is 0.368 e. The Morgan fingerprint density at radius 1 is 1.58 bits per heavy atom. The van der Waals surface area contributed by atoms with E-state index >= 15 is 0 Å². The second-order valence-electron chi connectivity index (χ2n) is 3.12. The molecule has 0 radical (unpaired) electrons. The molecule has 0 spiro atoms. The molecule has 12 heavy (non-hydrogen) atoms.